The molecule has 0 spiro atoms. The Morgan fingerprint density at radius 1 is 1.50 bits per heavy atom. The van der Waals surface area contributed by atoms with Crippen molar-refractivity contribution < 1.29 is 9.53 Å². The van der Waals surface area contributed by atoms with E-state index < -0.39 is 0 Å². The highest BCUT2D eigenvalue weighted by Crippen LogP contribution is 2.39. The average molecular weight is 166 g/mol. The fraction of sp³-hybridized carbons (Fsp3) is 0.700. The summed E-state index contributed by atoms with van der Waals surface area (Å²) in [6, 6.07) is 0. The summed E-state index contributed by atoms with van der Waals surface area (Å²) in [6.45, 7) is 5.98. The number of fused-ring (bicyclic) bond motifs is 1. The first-order chi connectivity index (χ1) is 5.68. The predicted molar refractivity (Wildman–Crippen MR) is 45.5 cm³/mol. The molecule has 0 aromatic carbocycles. The van der Waals surface area contributed by atoms with Gasteiger partial charge in [-0.3, -0.25) is 0 Å². The molecule has 2 aliphatic rings. The Bertz CT molecular complexity index is 232. The molecule has 0 unspecified atom stereocenters. The summed E-state index contributed by atoms with van der Waals surface area (Å²) in [4.78, 5) is 11.1. The summed E-state index contributed by atoms with van der Waals surface area (Å²) in [5.41, 5.74) is 0.701. The Morgan fingerprint density at radius 3 is 3.00 bits per heavy atom. The zero-order chi connectivity index (χ0) is 8.72. The van der Waals surface area contributed by atoms with Crippen LogP contribution in [0.25, 0.3) is 0 Å². The molecule has 66 valence electrons. The van der Waals surface area contributed by atoms with Crippen LogP contribution in [0.1, 0.15) is 26.2 Å². The summed E-state index contributed by atoms with van der Waals surface area (Å²) in [7, 11) is 0. The van der Waals surface area contributed by atoms with Crippen molar-refractivity contribution in [2.75, 3.05) is 0 Å². The third kappa shape index (κ3) is 1.06. The fourth-order valence-electron chi connectivity index (χ4n) is 2.22. The predicted octanol–water partition coefficient (Wildman–Crippen LogP) is 1.90. The van der Waals surface area contributed by atoms with Gasteiger partial charge in [-0.2, -0.15) is 0 Å². The molecule has 0 aromatic heterocycles. The van der Waals surface area contributed by atoms with Gasteiger partial charge in [0.2, 0.25) is 0 Å². The van der Waals surface area contributed by atoms with E-state index >= 15 is 0 Å². The minimum absolute atomic E-state index is 0.147. The zero-order valence-electron chi connectivity index (χ0n) is 7.38. The van der Waals surface area contributed by atoms with Crippen LogP contribution in [0.2, 0.25) is 0 Å². The van der Waals surface area contributed by atoms with Gasteiger partial charge in [-0.05, 0) is 25.2 Å². The molecule has 1 saturated carbocycles. The molecule has 3 atom stereocenters. The molecule has 0 bridgehead atoms. The molecule has 0 aromatic rings. The molecular formula is C10H14O2. The number of hydrogen-bond acceptors (Lipinski definition) is 2. The Balaban J connectivity index is 2.14. The number of hydrogen-bond donors (Lipinski definition) is 0. The van der Waals surface area contributed by atoms with Crippen LogP contribution < -0.4 is 0 Å². The van der Waals surface area contributed by atoms with E-state index in [9.17, 15) is 4.79 Å². The van der Waals surface area contributed by atoms with E-state index in [0.29, 0.717) is 17.4 Å². The second-order valence-corrected chi connectivity index (χ2v) is 3.99. The summed E-state index contributed by atoms with van der Waals surface area (Å²) in [5.74, 6) is 0.859. The van der Waals surface area contributed by atoms with Gasteiger partial charge in [0.05, 0.1) is 0 Å². The Labute approximate surface area is 72.6 Å². The van der Waals surface area contributed by atoms with Gasteiger partial charge in [0.15, 0.2) is 0 Å². The first-order valence-corrected chi connectivity index (χ1v) is 4.58. The summed E-state index contributed by atoms with van der Waals surface area (Å²) in [6.07, 6.45) is 3.46. The number of esters is 1. The third-order valence-electron chi connectivity index (χ3n) is 3.02. The molecule has 2 heteroatoms. The van der Waals surface area contributed by atoms with Crippen LogP contribution in [-0.4, -0.2) is 12.1 Å². The lowest BCUT2D eigenvalue weighted by Gasteiger charge is -2.27. The fourth-order valence-corrected chi connectivity index (χ4v) is 2.22. The number of carbonyl (C=O) groups is 1. The van der Waals surface area contributed by atoms with Crippen LogP contribution in [0.15, 0.2) is 12.2 Å². The van der Waals surface area contributed by atoms with Crippen LogP contribution in [0.3, 0.4) is 0 Å². The van der Waals surface area contributed by atoms with Crippen LogP contribution >= 0.6 is 0 Å². The van der Waals surface area contributed by atoms with E-state index in [4.69, 9.17) is 4.74 Å². The Hall–Kier alpha value is -0.790. The molecule has 1 saturated heterocycles. The highest BCUT2D eigenvalue weighted by molar-refractivity contribution is 5.90. The van der Waals surface area contributed by atoms with Crippen LogP contribution in [-0.2, 0) is 9.53 Å². The third-order valence-corrected chi connectivity index (χ3v) is 3.02. The average Bonchev–Trinajstić information content (AvgIpc) is 2.28. The van der Waals surface area contributed by atoms with Crippen LogP contribution in [0.4, 0.5) is 0 Å². The minimum atomic E-state index is -0.167. The van der Waals surface area contributed by atoms with Crippen molar-refractivity contribution >= 4 is 5.97 Å². The Morgan fingerprint density at radius 2 is 2.25 bits per heavy atom. The molecule has 2 rings (SSSR count). The molecular weight excluding hydrogens is 152 g/mol. The van der Waals surface area contributed by atoms with Crippen molar-refractivity contribution in [2.45, 2.75) is 32.3 Å². The van der Waals surface area contributed by atoms with E-state index in [1.165, 1.54) is 6.42 Å². The van der Waals surface area contributed by atoms with Crippen molar-refractivity contribution in [3.63, 3.8) is 0 Å². The molecule has 0 radical (unpaired) electrons. The lowest BCUT2D eigenvalue weighted by atomic mass is 9.79. The van der Waals surface area contributed by atoms with Crippen molar-refractivity contribution in [3.8, 4) is 0 Å². The number of ether oxygens (including phenoxy) is 1. The maximum atomic E-state index is 11.1. The lowest BCUT2D eigenvalue weighted by Crippen LogP contribution is -2.25. The second kappa shape index (κ2) is 2.61. The second-order valence-electron chi connectivity index (χ2n) is 3.99. The lowest BCUT2D eigenvalue weighted by molar-refractivity contribution is -0.140. The van der Waals surface area contributed by atoms with Crippen molar-refractivity contribution in [3.05, 3.63) is 12.2 Å². The monoisotopic (exact) mass is 166 g/mol. The first kappa shape index (κ1) is 7.84. The van der Waals surface area contributed by atoms with Crippen LogP contribution in [0.5, 0.6) is 0 Å². The van der Waals surface area contributed by atoms with Gasteiger partial charge in [0.1, 0.15) is 6.10 Å². The number of carbonyl (C=O) groups excluding carboxylic acids is 1. The van der Waals surface area contributed by atoms with Gasteiger partial charge < -0.3 is 4.74 Å². The standard InChI is InChI=1S/C10H14O2/c1-6-3-4-8-7(2)10(11)12-9(8)5-6/h6,8-9H,2-5H2,1H3/t6-,8-,9-/m0/s1. The minimum Gasteiger partial charge on any atom is -0.458 e. The van der Waals surface area contributed by atoms with Gasteiger partial charge in [0.25, 0.3) is 0 Å². The van der Waals surface area contributed by atoms with Crippen molar-refractivity contribution in [1.29, 1.82) is 0 Å². The zero-order valence-corrected chi connectivity index (χ0v) is 7.38. The summed E-state index contributed by atoms with van der Waals surface area (Å²) in [5, 5.41) is 0. The van der Waals surface area contributed by atoms with Gasteiger partial charge >= 0.3 is 5.97 Å². The SMILES string of the molecule is C=C1C(=O)O[C@H]2C[C@@H](C)CC[C@@H]12. The molecule has 0 N–H and O–H groups in total. The maximum Gasteiger partial charge on any atom is 0.334 e. The van der Waals surface area contributed by atoms with Gasteiger partial charge in [-0.1, -0.05) is 13.5 Å². The summed E-state index contributed by atoms with van der Waals surface area (Å²) >= 11 is 0. The van der Waals surface area contributed by atoms with Crippen molar-refractivity contribution in [2.24, 2.45) is 11.8 Å². The van der Waals surface area contributed by atoms with Crippen LogP contribution in [0, 0.1) is 11.8 Å². The maximum absolute atomic E-state index is 11.1. The van der Waals surface area contributed by atoms with E-state index in [1.807, 2.05) is 0 Å². The summed E-state index contributed by atoms with van der Waals surface area (Å²) < 4.78 is 5.21. The quantitative estimate of drug-likeness (QED) is 0.406. The highest BCUT2D eigenvalue weighted by atomic mass is 16.6. The van der Waals surface area contributed by atoms with E-state index in [2.05, 4.69) is 13.5 Å². The molecule has 12 heavy (non-hydrogen) atoms. The van der Waals surface area contributed by atoms with Gasteiger partial charge in [-0.15, -0.1) is 0 Å². The normalized spacial score (nSPS) is 40.9. The first-order valence-electron chi connectivity index (χ1n) is 4.58. The topological polar surface area (TPSA) is 26.3 Å². The largest absolute Gasteiger partial charge is 0.458 e. The molecule has 2 fully saturated rings. The van der Waals surface area contributed by atoms with E-state index in [0.717, 1.165) is 12.8 Å². The van der Waals surface area contributed by atoms with E-state index in [1.54, 1.807) is 0 Å². The van der Waals surface area contributed by atoms with Gasteiger partial charge in [-0.25, -0.2) is 4.79 Å². The highest BCUT2D eigenvalue weighted by Gasteiger charge is 2.41. The number of rotatable bonds is 0. The van der Waals surface area contributed by atoms with E-state index in [-0.39, 0.29) is 12.1 Å². The molecule has 1 aliphatic heterocycles. The molecule has 1 heterocycles. The van der Waals surface area contributed by atoms with Gasteiger partial charge in [0, 0.05) is 11.5 Å². The molecule has 2 nitrogen and oxygen atoms in total. The smallest absolute Gasteiger partial charge is 0.334 e. The Kier molecular flexibility index (Phi) is 1.71. The van der Waals surface area contributed by atoms with Crippen molar-refractivity contribution in [1.82, 2.24) is 0 Å². The molecule has 0 amide bonds. The molecule has 1 aliphatic carbocycles.